The molecule has 1 saturated heterocycles. The molecular formula is C13H15N3O5. The molecule has 1 aromatic heterocycles. The molecule has 2 rings (SSSR count). The van der Waals surface area contributed by atoms with Crippen molar-refractivity contribution < 1.29 is 24.2 Å². The predicted octanol–water partition coefficient (Wildman–Crippen LogP) is -0.494. The molecule has 21 heavy (non-hydrogen) atoms. The third-order valence-electron chi connectivity index (χ3n) is 3.19. The number of carbonyl (C=O) groups excluding carboxylic acids is 2. The molecule has 0 radical (unpaired) electrons. The minimum atomic E-state index is -1.14. The second kappa shape index (κ2) is 6.21. The Kier molecular flexibility index (Phi) is 4.36. The van der Waals surface area contributed by atoms with E-state index in [4.69, 9.17) is 9.84 Å². The summed E-state index contributed by atoms with van der Waals surface area (Å²) in [5.41, 5.74) is 0.248. The van der Waals surface area contributed by atoms with Gasteiger partial charge >= 0.3 is 5.97 Å². The van der Waals surface area contributed by atoms with Crippen LogP contribution < -0.4 is 10.1 Å². The summed E-state index contributed by atoms with van der Waals surface area (Å²) >= 11 is 0. The van der Waals surface area contributed by atoms with Crippen molar-refractivity contribution in [2.24, 2.45) is 0 Å². The van der Waals surface area contributed by atoms with Gasteiger partial charge in [-0.1, -0.05) is 0 Å². The van der Waals surface area contributed by atoms with Gasteiger partial charge in [-0.2, -0.15) is 0 Å². The summed E-state index contributed by atoms with van der Waals surface area (Å²) in [6.07, 6.45) is 2.39. The molecule has 1 fully saturated rings. The zero-order valence-corrected chi connectivity index (χ0v) is 11.4. The van der Waals surface area contributed by atoms with Gasteiger partial charge in [0.1, 0.15) is 11.8 Å². The number of aromatic nitrogens is 1. The highest BCUT2D eigenvalue weighted by atomic mass is 16.5. The molecule has 1 atom stereocenters. The second-order valence-electron chi connectivity index (χ2n) is 4.48. The lowest BCUT2D eigenvalue weighted by Crippen LogP contribution is -2.57. The summed E-state index contributed by atoms with van der Waals surface area (Å²) in [5.74, 6) is -1.78. The van der Waals surface area contributed by atoms with Crippen molar-refractivity contribution in [2.45, 2.75) is 12.5 Å². The molecule has 2 heterocycles. The van der Waals surface area contributed by atoms with Crippen molar-refractivity contribution in [3.05, 3.63) is 24.0 Å². The molecule has 1 unspecified atom stereocenters. The van der Waals surface area contributed by atoms with Gasteiger partial charge in [0.25, 0.3) is 5.91 Å². The molecule has 1 aromatic rings. The van der Waals surface area contributed by atoms with Gasteiger partial charge in [0, 0.05) is 19.3 Å². The Bertz CT molecular complexity index is 575. The second-order valence-corrected chi connectivity index (χ2v) is 4.48. The molecule has 0 spiro atoms. The first-order valence-electron chi connectivity index (χ1n) is 6.33. The first kappa shape index (κ1) is 14.8. The summed E-state index contributed by atoms with van der Waals surface area (Å²) in [6, 6.07) is 0.451. The van der Waals surface area contributed by atoms with Crippen LogP contribution in [0.2, 0.25) is 0 Å². The van der Waals surface area contributed by atoms with E-state index < -0.39 is 30.2 Å². The van der Waals surface area contributed by atoms with E-state index in [9.17, 15) is 14.4 Å². The van der Waals surface area contributed by atoms with Crippen LogP contribution >= 0.6 is 0 Å². The number of nitrogens with zero attached hydrogens (tertiary/aromatic N) is 2. The first-order valence-corrected chi connectivity index (χ1v) is 6.33. The number of aliphatic carboxylic acids is 1. The minimum absolute atomic E-state index is 0.244. The van der Waals surface area contributed by atoms with E-state index in [1.54, 1.807) is 0 Å². The molecule has 2 N–H and O–H groups in total. The number of rotatable bonds is 4. The molecule has 0 aromatic carbocycles. The largest absolute Gasteiger partial charge is 0.494 e. The number of piperazine rings is 1. The fraction of sp³-hybridized carbons (Fsp3) is 0.385. The van der Waals surface area contributed by atoms with Gasteiger partial charge in [-0.3, -0.25) is 19.4 Å². The quantitative estimate of drug-likeness (QED) is 0.775. The molecule has 1 aliphatic rings. The number of carbonyl (C=O) groups is 3. The van der Waals surface area contributed by atoms with E-state index in [0.29, 0.717) is 0 Å². The Hall–Kier alpha value is -2.64. The van der Waals surface area contributed by atoms with E-state index in [1.165, 1.54) is 30.5 Å². The third kappa shape index (κ3) is 3.10. The highest BCUT2D eigenvalue weighted by Gasteiger charge is 2.35. The maximum atomic E-state index is 12.6. The van der Waals surface area contributed by atoms with E-state index in [2.05, 4.69) is 10.3 Å². The Morgan fingerprint density at radius 3 is 3.00 bits per heavy atom. The van der Waals surface area contributed by atoms with Crippen LogP contribution in [0.1, 0.15) is 16.8 Å². The number of pyridine rings is 1. The molecule has 0 aliphatic carbocycles. The van der Waals surface area contributed by atoms with Crippen LogP contribution in [-0.2, 0) is 9.59 Å². The van der Waals surface area contributed by atoms with Gasteiger partial charge in [0.2, 0.25) is 5.91 Å². The minimum Gasteiger partial charge on any atom is -0.494 e. The SMILES string of the molecule is COc1cnccc1C(=O)N1CCNC(=O)C1CC(=O)O. The van der Waals surface area contributed by atoms with Crippen molar-refractivity contribution in [3.8, 4) is 5.75 Å². The highest BCUT2D eigenvalue weighted by Crippen LogP contribution is 2.21. The number of carboxylic acid groups (broad SMARTS) is 1. The van der Waals surface area contributed by atoms with Gasteiger partial charge in [0.05, 0.1) is 25.3 Å². The van der Waals surface area contributed by atoms with E-state index in [1.807, 2.05) is 0 Å². The van der Waals surface area contributed by atoms with Crippen LogP contribution in [0.3, 0.4) is 0 Å². The van der Waals surface area contributed by atoms with Gasteiger partial charge < -0.3 is 20.1 Å². The highest BCUT2D eigenvalue weighted by molar-refractivity contribution is 6.00. The number of nitrogens with one attached hydrogen (secondary N) is 1. The van der Waals surface area contributed by atoms with Crippen LogP contribution in [0.15, 0.2) is 18.5 Å². The molecule has 8 heteroatoms. The van der Waals surface area contributed by atoms with E-state index in [-0.39, 0.29) is 24.4 Å². The summed E-state index contributed by atoms with van der Waals surface area (Å²) in [7, 11) is 1.41. The van der Waals surface area contributed by atoms with Crippen molar-refractivity contribution >= 4 is 17.8 Å². The van der Waals surface area contributed by atoms with Crippen molar-refractivity contribution in [1.82, 2.24) is 15.2 Å². The molecule has 0 bridgehead atoms. The van der Waals surface area contributed by atoms with Gasteiger partial charge in [-0.15, -0.1) is 0 Å². The maximum Gasteiger partial charge on any atom is 0.305 e. The number of amides is 2. The molecule has 8 nitrogen and oxygen atoms in total. The van der Waals surface area contributed by atoms with Crippen LogP contribution in [0.4, 0.5) is 0 Å². The van der Waals surface area contributed by atoms with E-state index >= 15 is 0 Å². The maximum absolute atomic E-state index is 12.6. The first-order chi connectivity index (χ1) is 10.0. The number of hydrogen-bond acceptors (Lipinski definition) is 5. The van der Waals surface area contributed by atoms with Gasteiger partial charge in [-0.05, 0) is 6.07 Å². The summed E-state index contributed by atoms with van der Waals surface area (Å²) in [6.45, 7) is 0.530. The third-order valence-corrected chi connectivity index (χ3v) is 3.19. The smallest absolute Gasteiger partial charge is 0.305 e. The van der Waals surface area contributed by atoms with Crippen LogP contribution in [-0.4, -0.2) is 59.0 Å². The molecular weight excluding hydrogens is 278 g/mol. The molecule has 1 aliphatic heterocycles. The van der Waals surface area contributed by atoms with E-state index in [0.717, 1.165) is 0 Å². The van der Waals surface area contributed by atoms with Crippen molar-refractivity contribution in [3.63, 3.8) is 0 Å². The number of methoxy groups -OCH3 is 1. The fourth-order valence-electron chi connectivity index (χ4n) is 2.20. The zero-order valence-electron chi connectivity index (χ0n) is 11.4. The molecule has 112 valence electrons. The van der Waals surface area contributed by atoms with Crippen LogP contribution in [0, 0.1) is 0 Å². The van der Waals surface area contributed by atoms with Crippen molar-refractivity contribution in [1.29, 1.82) is 0 Å². The average Bonchev–Trinajstić information content (AvgIpc) is 2.48. The molecule has 2 amide bonds. The number of carboxylic acids is 1. The number of hydrogen-bond donors (Lipinski definition) is 2. The number of ether oxygens (including phenoxy) is 1. The van der Waals surface area contributed by atoms with Crippen LogP contribution in [0.25, 0.3) is 0 Å². The predicted molar refractivity (Wildman–Crippen MR) is 70.9 cm³/mol. The Morgan fingerprint density at radius 2 is 2.33 bits per heavy atom. The monoisotopic (exact) mass is 293 g/mol. The topological polar surface area (TPSA) is 109 Å². The lowest BCUT2D eigenvalue weighted by atomic mass is 10.1. The lowest BCUT2D eigenvalue weighted by molar-refractivity contribution is -0.142. The average molecular weight is 293 g/mol. The zero-order chi connectivity index (χ0) is 15.4. The Balaban J connectivity index is 2.30. The van der Waals surface area contributed by atoms with Crippen LogP contribution in [0.5, 0.6) is 5.75 Å². The summed E-state index contributed by atoms with van der Waals surface area (Å²) < 4.78 is 5.07. The fourth-order valence-corrected chi connectivity index (χ4v) is 2.20. The Labute approximate surface area is 120 Å². The summed E-state index contributed by atoms with van der Waals surface area (Å²) in [5, 5.41) is 11.5. The summed E-state index contributed by atoms with van der Waals surface area (Å²) in [4.78, 5) is 40.4. The Morgan fingerprint density at radius 1 is 1.57 bits per heavy atom. The standard InChI is InChI=1S/C13H15N3O5/c1-21-10-7-14-3-2-8(10)13(20)16-5-4-15-12(19)9(16)6-11(17)18/h2-3,7,9H,4-6H2,1H3,(H,15,19)(H,17,18). The van der Waals surface area contributed by atoms with Crippen molar-refractivity contribution in [2.75, 3.05) is 20.2 Å². The van der Waals surface area contributed by atoms with Gasteiger partial charge in [-0.25, -0.2) is 0 Å². The normalized spacial score (nSPS) is 18.0. The lowest BCUT2D eigenvalue weighted by Gasteiger charge is -2.34. The van der Waals surface area contributed by atoms with Gasteiger partial charge in [0.15, 0.2) is 0 Å². The molecule has 0 saturated carbocycles.